The molecule has 0 saturated carbocycles. The lowest BCUT2D eigenvalue weighted by Gasteiger charge is -2.34. The Labute approximate surface area is 122 Å². The summed E-state index contributed by atoms with van der Waals surface area (Å²) in [4.78, 5) is 30.4. The van der Waals surface area contributed by atoms with Crippen molar-refractivity contribution in [3.05, 3.63) is 10.6 Å². The molecule has 1 atom stereocenters. The van der Waals surface area contributed by atoms with E-state index in [1.54, 1.807) is 0 Å². The molecule has 1 saturated heterocycles. The van der Waals surface area contributed by atoms with Crippen LogP contribution in [0.2, 0.25) is 0 Å². The Morgan fingerprint density at radius 3 is 2.80 bits per heavy atom. The van der Waals surface area contributed by atoms with Gasteiger partial charge in [0.05, 0.1) is 7.11 Å². The van der Waals surface area contributed by atoms with Crippen LogP contribution in [0.3, 0.4) is 0 Å². The second kappa shape index (κ2) is 6.35. The SMILES string of the molecule is CCC1CCCCN1c1nc(C(=O)OC)c(C(C)=O)s1. The van der Waals surface area contributed by atoms with Gasteiger partial charge in [-0.3, -0.25) is 4.79 Å². The van der Waals surface area contributed by atoms with Crippen molar-refractivity contribution in [2.75, 3.05) is 18.6 Å². The number of nitrogens with zero attached hydrogens (tertiary/aromatic N) is 2. The standard InChI is InChI=1S/C14H20N2O3S/c1-4-10-7-5-6-8-16(10)14-15-11(13(18)19-3)12(20-14)9(2)17/h10H,4-8H2,1-3H3. The third kappa shape index (κ3) is 2.85. The predicted octanol–water partition coefficient (Wildman–Crippen LogP) is 2.90. The van der Waals surface area contributed by atoms with Crippen molar-refractivity contribution in [3.63, 3.8) is 0 Å². The number of piperidine rings is 1. The van der Waals surface area contributed by atoms with Crippen LogP contribution in [-0.4, -0.2) is 36.4 Å². The normalized spacial score (nSPS) is 18.9. The molecule has 0 spiro atoms. The first-order valence-corrected chi connectivity index (χ1v) is 7.76. The van der Waals surface area contributed by atoms with Crippen molar-refractivity contribution < 1.29 is 14.3 Å². The molecular weight excluding hydrogens is 276 g/mol. The molecule has 6 heteroatoms. The number of thiazole rings is 1. The highest BCUT2D eigenvalue weighted by Gasteiger charge is 2.28. The third-order valence-corrected chi connectivity index (χ3v) is 4.85. The molecule has 0 radical (unpaired) electrons. The quantitative estimate of drug-likeness (QED) is 0.631. The van der Waals surface area contributed by atoms with E-state index in [2.05, 4.69) is 16.8 Å². The summed E-state index contributed by atoms with van der Waals surface area (Å²) in [6.45, 7) is 4.55. The Morgan fingerprint density at radius 2 is 2.20 bits per heavy atom. The van der Waals surface area contributed by atoms with Crippen molar-refractivity contribution in [2.45, 2.75) is 45.6 Å². The molecular formula is C14H20N2O3S. The lowest BCUT2D eigenvalue weighted by atomic mass is 10.0. The predicted molar refractivity (Wildman–Crippen MR) is 78.7 cm³/mol. The summed E-state index contributed by atoms with van der Waals surface area (Å²) in [7, 11) is 1.31. The van der Waals surface area contributed by atoms with E-state index < -0.39 is 5.97 Å². The number of carbonyl (C=O) groups excluding carboxylic acids is 2. The molecule has 5 nitrogen and oxygen atoms in total. The Kier molecular flexibility index (Phi) is 4.75. The first-order chi connectivity index (χ1) is 9.58. The average molecular weight is 296 g/mol. The van der Waals surface area contributed by atoms with Gasteiger partial charge in [0.1, 0.15) is 4.88 Å². The highest BCUT2D eigenvalue weighted by Crippen LogP contribution is 2.32. The Balaban J connectivity index is 2.36. The zero-order valence-electron chi connectivity index (χ0n) is 12.1. The average Bonchev–Trinajstić information content (AvgIpc) is 2.91. The second-order valence-corrected chi connectivity index (χ2v) is 5.95. The van der Waals surface area contributed by atoms with E-state index >= 15 is 0 Å². The molecule has 1 unspecified atom stereocenters. The smallest absolute Gasteiger partial charge is 0.358 e. The molecule has 1 aliphatic rings. The summed E-state index contributed by atoms with van der Waals surface area (Å²) in [5.41, 5.74) is 0.153. The number of esters is 1. The monoisotopic (exact) mass is 296 g/mol. The van der Waals surface area contributed by atoms with Gasteiger partial charge >= 0.3 is 5.97 Å². The maximum Gasteiger partial charge on any atom is 0.358 e. The molecule has 20 heavy (non-hydrogen) atoms. The van der Waals surface area contributed by atoms with Gasteiger partial charge in [0, 0.05) is 19.5 Å². The number of Topliss-reactive ketones (excluding diaryl/α,β-unsaturated/α-hetero) is 1. The van der Waals surface area contributed by atoms with E-state index in [0.29, 0.717) is 10.9 Å². The zero-order chi connectivity index (χ0) is 14.7. The highest BCUT2D eigenvalue weighted by atomic mass is 32.1. The molecule has 0 aliphatic carbocycles. The molecule has 2 heterocycles. The fourth-order valence-electron chi connectivity index (χ4n) is 2.58. The van der Waals surface area contributed by atoms with Crippen LogP contribution in [0.5, 0.6) is 0 Å². The largest absolute Gasteiger partial charge is 0.464 e. The van der Waals surface area contributed by atoms with Crippen molar-refractivity contribution in [3.8, 4) is 0 Å². The molecule has 1 fully saturated rings. The lowest BCUT2D eigenvalue weighted by molar-refractivity contribution is 0.0591. The molecule has 0 N–H and O–H groups in total. The summed E-state index contributed by atoms with van der Waals surface area (Å²) in [5.74, 6) is -0.679. The highest BCUT2D eigenvalue weighted by molar-refractivity contribution is 7.17. The zero-order valence-corrected chi connectivity index (χ0v) is 13.0. The van der Waals surface area contributed by atoms with Gasteiger partial charge in [0.15, 0.2) is 16.6 Å². The number of ketones is 1. The minimum Gasteiger partial charge on any atom is -0.464 e. The van der Waals surface area contributed by atoms with Crippen molar-refractivity contribution in [1.82, 2.24) is 4.98 Å². The van der Waals surface area contributed by atoms with Crippen LogP contribution in [0.1, 0.15) is 59.7 Å². The van der Waals surface area contributed by atoms with Gasteiger partial charge < -0.3 is 9.64 Å². The number of aromatic nitrogens is 1. The number of hydrogen-bond donors (Lipinski definition) is 0. The van der Waals surface area contributed by atoms with Gasteiger partial charge in [-0.15, -0.1) is 0 Å². The minimum absolute atomic E-state index is 0.140. The molecule has 1 aromatic rings. The van der Waals surface area contributed by atoms with Crippen LogP contribution < -0.4 is 4.90 Å². The molecule has 1 aromatic heterocycles. The fraction of sp³-hybridized carbons (Fsp3) is 0.643. The van der Waals surface area contributed by atoms with Crippen LogP contribution >= 0.6 is 11.3 Å². The van der Waals surface area contributed by atoms with Crippen LogP contribution in [0.25, 0.3) is 0 Å². The Morgan fingerprint density at radius 1 is 1.45 bits per heavy atom. The molecule has 2 rings (SSSR count). The van der Waals surface area contributed by atoms with Crippen LogP contribution in [-0.2, 0) is 4.74 Å². The summed E-state index contributed by atoms with van der Waals surface area (Å²) in [6, 6.07) is 0.445. The Bertz CT molecular complexity index is 513. The van der Waals surface area contributed by atoms with Gasteiger partial charge in [0.25, 0.3) is 0 Å². The van der Waals surface area contributed by atoms with Gasteiger partial charge in [0.2, 0.25) is 0 Å². The number of ether oxygens (including phenoxy) is 1. The summed E-state index contributed by atoms with van der Waals surface area (Å²) >= 11 is 1.30. The number of rotatable bonds is 4. The topological polar surface area (TPSA) is 59.5 Å². The van der Waals surface area contributed by atoms with E-state index in [4.69, 9.17) is 4.74 Å². The van der Waals surface area contributed by atoms with Gasteiger partial charge in [-0.25, -0.2) is 9.78 Å². The van der Waals surface area contributed by atoms with E-state index in [0.717, 1.165) is 30.9 Å². The van der Waals surface area contributed by atoms with Gasteiger partial charge in [-0.05, 0) is 25.7 Å². The van der Waals surface area contributed by atoms with Crippen LogP contribution in [0.4, 0.5) is 5.13 Å². The van der Waals surface area contributed by atoms with E-state index in [-0.39, 0.29) is 11.5 Å². The van der Waals surface area contributed by atoms with E-state index in [1.807, 2.05) is 0 Å². The van der Waals surface area contributed by atoms with E-state index in [9.17, 15) is 9.59 Å². The lowest BCUT2D eigenvalue weighted by Crippen LogP contribution is -2.39. The first-order valence-electron chi connectivity index (χ1n) is 6.95. The molecule has 110 valence electrons. The van der Waals surface area contributed by atoms with Crippen molar-refractivity contribution in [1.29, 1.82) is 0 Å². The van der Waals surface area contributed by atoms with Crippen LogP contribution in [0.15, 0.2) is 0 Å². The Hall–Kier alpha value is -1.43. The molecule has 0 amide bonds. The summed E-state index contributed by atoms with van der Waals surface area (Å²) in [6.07, 6.45) is 4.53. The maximum atomic E-state index is 11.7. The minimum atomic E-state index is -0.539. The number of hydrogen-bond acceptors (Lipinski definition) is 6. The maximum absolute atomic E-state index is 11.7. The summed E-state index contributed by atoms with van der Waals surface area (Å²) in [5, 5.41) is 0.766. The van der Waals surface area contributed by atoms with Gasteiger partial charge in [-0.2, -0.15) is 0 Å². The summed E-state index contributed by atoms with van der Waals surface area (Å²) < 4.78 is 4.72. The molecule has 0 aromatic carbocycles. The van der Waals surface area contributed by atoms with Crippen molar-refractivity contribution >= 4 is 28.2 Å². The third-order valence-electron chi connectivity index (χ3n) is 3.66. The first kappa shape index (κ1) is 15.0. The molecule has 1 aliphatic heterocycles. The van der Waals surface area contributed by atoms with Crippen molar-refractivity contribution in [2.24, 2.45) is 0 Å². The van der Waals surface area contributed by atoms with Gasteiger partial charge in [-0.1, -0.05) is 18.3 Å². The van der Waals surface area contributed by atoms with E-state index in [1.165, 1.54) is 31.8 Å². The number of carbonyl (C=O) groups is 2. The second-order valence-electron chi connectivity index (χ2n) is 4.97. The van der Waals surface area contributed by atoms with Crippen LogP contribution in [0, 0.1) is 0 Å². The fourth-order valence-corrected chi connectivity index (χ4v) is 3.63. The molecule has 0 bridgehead atoms. The number of methoxy groups -OCH3 is 1. The number of anilines is 1.